The first-order valence-electron chi connectivity index (χ1n) is 10.5. The van der Waals surface area contributed by atoms with Crippen LogP contribution in [0.25, 0.3) is 0 Å². The van der Waals surface area contributed by atoms with Gasteiger partial charge in [-0.25, -0.2) is 0 Å². The van der Waals surface area contributed by atoms with Crippen molar-refractivity contribution in [2.45, 2.75) is 85.2 Å². The minimum atomic E-state index is -0.130. The summed E-state index contributed by atoms with van der Waals surface area (Å²) in [7, 11) is 0. The van der Waals surface area contributed by atoms with Gasteiger partial charge in [0.15, 0.2) is 0 Å². The fraction of sp³-hybridized carbons (Fsp3) is 0.909. The van der Waals surface area contributed by atoms with Crippen LogP contribution in [0.5, 0.6) is 0 Å². The summed E-state index contributed by atoms with van der Waals surface area (Å²) in [5.41, 5.74) is 0.342. The molecule has 8 atom stereocenters. The summed E-state index contributed by atoms with van der Waals surface area (Å²) in [4.78, 5) is 24.1. The Morgan fingerprint density at radius 1 is 1.04 bits per heavy atom. The molecule has 0 spiro atoms. The van der Waals surface area contributed by atoms with E-state index in [2.05, 4.69) is 20.8 Å². The summed E-state index contributed by atoms with van der Waals surface area (Å²) in [6, 6.07) is 0. The molecule has 0 unspecified atom stereocenters. The van der Waals surface area contributed by atoms with Crippen molar-refractivity contribution >= 4 is 11.8 Å². The van der Waals surface area contributed by atoms with E-state index in [-0.39, 0.29) is 23.4 Å². The summed E-state index contributed by atoms with van der Waals surface area (Å²) in [5, 5.41) is 0. The Bertz CT molecular complexity index is 584. The molecular formula is C22H34O3. The van der Waals surface area contributed by atoms with Crippen LogP contribution in [0.2, 0.25) is 0 Å². The summed E-state index contributed by atoms with van der Waals surface area (Å²) in [5.74, 6) is 3.47. The molecule has 3 heteroatoms. The lowest BCUT2D eigenvalue weighted by atomic mass is 9.45. The Hall–Kier alpha value is -0.860. The molecule has 4 fully saturated rings. The first-order chi connectivity index (χ1) is 11.8. The Balaban J connectivity index is 1.55. The topological polar surface area (TPSA) is 43.4 Å². The van der Waals surface area contributed by atoms with E-state index < -0.39 is 0 Å². The number of ether oxygens (including phenoxy) is 1. The largest absolute Gasteiger partial charge is 0.463 e. The van der Waals surface area contributed by atoms with Gasteiger partial charge in [-0.15, -0.1) is 0 Å². The van der Waals surface area contributed by atoms with E-state index in [0.717, 1.165) is 37.5 Å². The Labute approximate surface area is 152 Å². The Morgan fingerprint density at radius 2 is 1.80 bits per heavy atom. The first-order valence-corrected chi connectivity index (χ1v) is 10.5. The fourth-order valence-corrected chi connectivity index (χ4v) is 7.67. The highest BCUT2D eigenvalue weighted by Gasteiger charge is 2.61. The van der Waals surface area contributed by atoms with Gasteiger partial charge in [-0.1, -0.05) is 20.8 Å². The molecule has 4 rings (SSSR count). The van der Waals surface area contributed by atoms with E-state index in [0.29, 0.717) is 23.0 Å². The molecule has 0 bridgehead atoms. The lowest BCUT2D eigenvalue weighted by molar-refractivity contribution is -0.160. The molecular weight excluding hydrogens is 312 g/mol. The van der Waals surface area contributed by atoms with Crippen LogP contribution >= 0.6 is 0 Å². The van der Waals surface area contributed by atoms with Gasteiger partial charge in [0.1, 0.15) is 11.9 Å². The smallest absolute Gasteiger partial charge is 0.302 e. The Morgan fingerprint density at radius 3 is 2.52 bits per heavy atom. The van der Waals surface area contributed by atoms with Gasteiger partial charge in [-0.3, -0.25) is 9.59 Å². The predicted molar refractivity (Wildman–Crippen MR) is 96.8 cm³/mol. The van der Waals surface area contributed by atoms with Crippen molar-refractivity contribution in [3.63, 3.8) is 0 Å². The lowest BCUT2D eigenvalue weighted by Gasteiger charge is -2.60. The number of fused-ring (bicyclic) bond motifs is 5. The van der Waals surface area contributed by atoms with Gasteiger partial charge < -0.3 is 4.74 Å². The second-order valence-corrected chi connectivity index (χ2v) is 10.1. The van der Waals surface area contributed by atoms with Crippen LogP contribution in [0, 0.1) is 40.4 Å². The number of esters is 1. The summed E-state index contributed by atoms with van der Waals surface area (Å²) >= 11 is 0. The van der Waals surface area contributed by atoms with Crippen LogP contribution < -0.4 is 0 Å². The third kappa shape index (κ3) is 2.51. The van der Waals surface area contributed by atoms with Crippen molar-refractivity contribution in [1.82, 2.24) is 0 Å². The minimum absolute atomic E-state index is 0.0429. The SMILES string of the molecule is CC(=O)O[C@@H]1CC[C@@]2(C)[C@@H](CC[C@@H]3[C@H]2CC[C@]2(C)C(=O)[C@@H](C)C[C@@H]32)C1. The van der Waals surface area contributed by atoms with E-state index in [1.807, 2.05) is 0 Å². The molecule has 0 aromatic carbocycles. The van der Waals surface area contributed by atoms with Crippen molar-refractivity contribution in [1.29, 1.82) is 0 Å². The van der Waals surface area contributed by atoms with Crippen LogP contribution in [0.15, 0.2) is 0 Å². The van der Waals surface area contributed by atoms with Crippen LogP contribution in [-0.4, -0.2) is 17.9 Å². The van der Waals surface area contributed by atoms with Crippen molar-refractivity contribution < 1.29 is 14.3 Å². The highest BCUT2D eigenvalue weighted by Crippen LogP contribution is 2.66. The zero-order chi connectivity index (χ0) is 18.0. The normalized spacial score (nSPS) is 52.1. The van der Waals surface area contributed by atoms with Gasteiger partial charge in [0.05, 0.1) is 0 Å². The van der Waals surface area contributed by atoms with E-state index in [4.69, 9.17) is 4.74 Å². The van der Waals surface area contributed by atoms with Crippen molar-refractivity contribution in [3.05, 3.63) is 0 Å². The van der Waals surface area contributed by atoms with Crippen molar-refractivity contribution in [3.8, 4) is 0 Å². The van der Waals surface area contributed by atoms with Gasteiger partial charge >= 0.3 is 5.97 Å². The standard InChI is InChI=1S/C22H34O3/c1-13-11-19-17-6-5-15-12-16(25-14(2)23)7-9-21(15,3)18(17)8-10-22(19,4)20(13)24/h13,15-19H,5-12H2,1-4H3/t13-,15-,16+,17+,18+,19-,21-,22-/m0/s1. The van der Waals surface area contributed by atoms with E-state index in [1.54, 1.807) is 0 Å². The third-order valence-electron chi connectivity index (χ3n) is 8.96. The molecule has 25 heavy (non-hydrogen) atoms. The number of carbonyl (C=O) groups excluding carboxylic acids is 2. The molecule has 0 N–H and O–H groups in total. The van der Waals surface area contributed by atoms with E-state index in [9.17, 15) is 9.59 Å². The van der Waals surface area contributed by atoms with Gasteiger partial charge in [0.2, 0.25) is 0 Å². The van der Waals surface area contributed by atoms with Crippen molar-refractivity contribution in [2.75, 3.05) is 0 Å². The lowest BCUT2D eigenvalue weighted by Crippen LogP contribution is -2.54. The summed E-state index contributed by atoms with van der Waals surface area (Å²) in [6.07, 6.45) is 9.36. The molecule has 0 saturated heterocycles. The predicted octanol–water partition coefficient (Wildman–Crippen LogP) is 4.78. The molecule has 0 aromatic rings. The number of carbonyl (C=O) groups is 2. The molecule has 4 aliphatic carbocycles. The number of Topliss-reactive ketones (excluding diaryl/α,β-unsaturated/α-hetero) is 1. The molecule has 0 amide bonds. The van der Waals surface area contributed by atoms with Gasteiger partial charge in [0.25, 0.3) is 0 Å². The fourth-order valence-electron chi connectivity index (χ4n) is 7.67. The average molecular weight is 347 g/mol. The third-order valence-corrected chi connectivity index (χ3v) is 8.96. The summed E-state index contributed by atoms with van der Waals surface area (Å²) < 4.78 is 5.55. The molecule has 0 heterocycles. The first kappa shape index (κ1) is 17.5. The number of hydrogen-bond donors (Lipinski definition) is 0. The van der Waals surface area contributed by atoms with Crippen LogP contribution in [0.3, 0.4) is 0 Å². The van der Waals surface area contributed by atoms with Gasteiger partial charge in [-0.05, 0) is 80.5 Å². The van der Waals surface area contributed by atoms with Gasteiger partial charge in [0, 0.05) is 18.3 Å². The van der Waals surface area contributed by atoms with Crippen LogP contribution in [0.1, 0.15) is 79.1 Å². The number of hydrogen-bond acceptors (Lipinski definition) is 3. The molecule has 4 aliphatic rings. The highest BCUT2D eigenvalue weighted by atomic mass is 16.5. The molecule has 0 aromatic heterocycles. The monoisotopic (exact) mass is 346 g/mol. The molecule has 0 radical (unpaired) electrons. The quantitative estimate of drug-likeness (QED) is 0.642. The zero-order valence-electron chi connectivity index (χ0n) is 16.3. The van der Waals surface area contributed by atoms with E-state index in [1.165, 1.54) is 32.6 Å². The maximum Gasteiger partial charge on any atom is 0.302 e. The maximum atomic E-state index is 12.8. The Kier molecular flexibility index (Phi) is 4.09. The molecule has 140 valence electrons. The number of ketones is 1. The van der Waals surface area contributed by atoms with Crippen LogP contribution in [-0.2, 0) is 14.3 Å². The maximum absolute atomic E-state index is 12.8. The molecule has 0 aliphatic heterocycles. The summed E-state index contributed by atoms with van der Waals surface area (Å²) in [6.45, 7) is 8.47. The minimum Gasteiger partial charge on any atom is -0.463 e. The molecule has 4 saturated carbocycles. The average Bonchev–Trinajstić information content (AvgIpc) is 2.78. The van der Waals surface area contributed by atoms with E-state index >= 15 is 0 Å². The number of rotatable bonds is 1. The molecule has 3 nitrogen and oxygen atoms in total. The second kappa shape index (κ2) is 5.82. The highest BCUT2D eigenvalue weighted by molar-refractivity contribution is 5.89. The second-order valence-electron chi connectivity index (χ2n) is 10.1. The van der Waals surface area contributed by atoms with Gasteiger partial charge in [-0.2, -0.15) is 0 Å². The zero-order valence-corrected chi connectivity index (χ0v) is 16.3. The van der Waals surface area contributed by atoms with Crippen molar-refractivity contribution in [2.24, 2.45) is 40.4 Å². The van der Waals surface area contributed by atoms with Crippen LogP contribution in [0.4, 0.5) is 0 Å².